The van der Waals surface area contributed by atoms with Crippen molar-refractivity contribution in [3.8, 4) is 0 Å². The van der Waals surface area contributed by atoms with Gasteiger partial charge in [-0.3, -0.25) is 4.79 Å². The molecule has 1 N–H and O–H groups in total. The smallest absolute Gasteiger partial charge is 0.416 e. The SMILES string of the molecule is CC(C)(CC(=O)O)c1ccc(C(F)(F)F)cc1Br. The summed E-state index contributed by atoms with van der Waals surface area (Å²) in [4.78, 5) is 10.7. The van der Waals surface area contributed by atoms with E-state index >= 15 is 0 Å². The highest BCUT2D eigenvalue weighted by atomic mass is 79.9. The minimum Gasteiger partial charge on any atom is -0.481 e. The zero-order valence-electron chi connectivity index (χ0n) is 9.81. The topological polar surface area (TPSA) is 37.3 Å². The Morgan fingerprint density at radius 1 is 1.33 bits per heavy atom. The maximum absolute atomic E-state index is 12.5. The number of carboxylic acid groups (broad SMARTS) is 1. The summed E-state index contributed by atoms with van der Waals surface area (Å²) in [5.74, 6) is -0.994. The molecule has 0 aliphatic carbocycles. The maximum atomic E-state index is 12.5. The van der Waals surface area contributed by atoms with Gasteiger partial charge < -0.3 is 5.11 Å². The Morgan fingerprint density at radius 2 is 1.89 bits per heavy atom. The van der Waals surface area contributed by atoms with E-state index in [4.69, 9.17) is 5.11 Å². The van der Waals surface area contributed by atoms with Crippen molar-refractivity contribution >= 4 is 21.9 Å². The Kier molecular flexibility index (Phi) is 4.10. The van der Waals surface area contributed by atoms with Crippen molar-refractivity contribution in [2.45, 2.75) is 31.9 Å². The molecule has 2 nitrogen and oxygen atoms in total. The molecule has 0 heterocycles. The van der Waals surface area contributed by atoms with Gasteiger partial charge in [0.05, 0.1) is 12.0 Å². The maximum Gasteiger partial charge on any atom is 0.416 e. The number of carbonyl (C=O) groups is 1. The first kappa shape index (κ1) is 15.0. The van der Waals surface area contributed by atoms with Gasteiger partial charge in [-0.2, -0.15) is 13.2 Å². The van der Waals surface area contributed by atoms with Crippen LogP contribution >= 0.6 is 15.9 Å². The van der Waals surface area contributed by atoms with Crippen LogP contribution in [0.1, 0.15) is 31.4 Å². The van der Waals surface area contributed by atoms with Gasteiger partial charge in [-0.1, -0.05) is 35.8 Å². The van der Waals surface area contributed by atoms with Gasteiger partial charge in [0.1, 0.15) is 0 Å². The zero-order chi connectivity index (χ0) is 14.1. The van der Waals surface area contributed by atoms with E-state index in [-0.39, 0.29) is 10.9 Å². The minimum absolute atomic E-state index is 0.156. The Morgan fingerprint density at radius 3 is 2.28 bits per heavy atom. The van der Waals surface area contributed by atoms with Crippen molar-refractivity contribution in [1.82, 2.24) is 0 Å². The second-order valence-electron chi connectivity index (χ2n) is 4.65. The molecule has 0 aromatic heterocycles. The van der Waals surface area contributed by atoms with E-state index in [0.29, 0.717) is 5.56 Å². The molecule has 18 heavy (non-hydrogen) atoms. The predicted octanol–water partition coefficient (Wildman–Crippen LogP) is 4.22. The molecular formula is C12H12BrF3O2. The molecule has 1 aromatic rings. The highest BCUT2D eigenvalue weighted by molar-refractivity contribution is 9.10. The molecule has 1 rings (SSSR count). The number of halogens is 4. The van der Waals surface area contributed by atoms with Gasteiger partial charge in [0, 0.05) is 9.89 Å². The summed E-state index contributed by atoms with van der Waals surface area (Å²) < 4.78 is 37.7. The van der Waals surface area contributed by atoms with Crippen molar-refractivity contribution in [1.29, 1.82) is 0 Å². The van der Waals surface area contributed by atoms with Crippen LogP contribution in [-0.4, -0.2) is 11.1 Å². The molecule has 0 aliphatic heterocycles. The van der Waals surface area contributed by atoms with E-state index in [1.807, 2.05) is 0 Å². The molecule has 0 aliphatic rings. The van der Waals surface area contributed by atoms with Gasteiger partial charge in [0.15, 0.2) is 0 Å². The average Bonchev–Trinajstić information content (AvgIpc) is 2.13. The van der Waals surface area contributed by atoms with Crippen LogP contribution < -0.4 is 0 Å². The molecule has 0 spiro atoms. The summed E-state index contributed by atoms with van der Waals surface area (Å²) in [6, 6.07) is 3.25. The number of hydrogen-bond donors (Lipinski definition) is 1. The summed E-state index contributed by atoms with van der Waals surface area (Å²) in [6.07, 6.45) is -4.56. The van der Waals surface area contributed by atoms with E-state index in [2.05, 4.69) is 15.9 Å². The molecule has 0 unspecified atom stereocenters. The lowest BCUT2D eigenvalue weighted by Crippen LogP contribution is -2.22. The highest BCUT2D eigenvalue weighted by Crippen LogP contribution is 2.37. The van der Waals surface area contributed by atoms with Crippen molar-refractivity contribution in [2.24, 2.45) is 0 Å². The molecule has 0 atom stereocenters. The first-order valence-electron chi connectivity index (χ1n) is 5.13. The first-order chi connectivity index (χ1) is 8.04. The van der Waals surface area contributed by atoms with Crippen molar-refractivity contribution in [3.05, 3.63) is 33.8 Å². The summed E-state index contributed by atoms with van der Waals surface area (Å²) in [6.45, 7) is 3.35. The quantitative estimate of drug-likeness (QED) is 0.903. The number of rotatable bonds is 3. The third kappa shape index (κ3) is 3.48. The van der Waals surface area contributed by atoms with Gasteiger partial charge in [-0.05, 0) is 17.7 Å². The minimum atomic E-state index is -4.40. The molecule has 100 valence electrons. The standard InChI is InChI=1S/C12H12BrF3O2/c1-11(2,6-10(17)18)8-4-3-7(5-9(8)13)12(14,15)16/h3-5H,6H2,1-2H3,(H,17,18). The number of alkyl halides is 3. The average molecular weight is 325 g/mol. The number of benzene rings is 1. The Balaban J connectivity index is 3.17. The van der Waals surface area contributed by atoms with Crippen LogP contribution in [-0.2, 0) is 16.4 Å². The van der Waals surface area contributed by atoms with Crippen LogP contribution in [0.15, 0.2) is 22.7 Å². The molecule has 0 radical (unpaired) electrons. The normalized spacial score (nSPS) is 12.6. The van der Waals surface area contributed by atoms with Gasteiger partial charge in [-0.15, -0.1) is 0 Å². The van der Waals surface area contributed by atoms with Crippen LogP contribution in [0.2, 0.25) is 0 Å². The number of hydrogen-bond acceptors (Lipinski definition) is 1. The van der Waals surface area contributed by atoms with E-state index in [1.165, 1.54) is 6.07 Å². The molecule has 0 bridgehead atoms. The predicted molar refractivity (Wildman–Crippen MR) is 64.4 cm³/mol. The second kappa shape index (κ2) is 4.91. The van der Waals surface area contributed by atoms with Crippen molar-refractivity contribution in [2.75, 3.05) is 0 Å². The molecule has 0 fully saturated rings. The molecule has 0 amide bonds. The lowest BCUT2D eigenvalue weighted by molar-refractivity contribution is -0.139. The van der Waals surface area contributed by atoms with Crippen molar-refractivity contribution < 1.29 is 23.1 Å². The second-order valence-corrected chi connectivity index (χ2v) is 5.50. The highest BCUT2D eigenvalue weighted by Gasteiger charge is 2.33. The Hall–Kier alpha value is -1.04. The number of carboxylic acids is 1. The van der Waals surface area contributed by atoms with Crippen LogP contribution in [0.3, 0.4) is 0 Å². The van der Waals surface area contributed by atoms with Gasteiger partial charge >= 0.3 is 12.1 Å². The van der Waals surface area contributed by atoms with E-state index in [1.54, 1.807) is 13.8 Å². The molecule has 1 aromatic carbocycles. The van der Waals surface area contributed by atoms with Crippen molar-refractivity contribution in [3.63, 3.8) is 0 Å². The van der Waals surface area contributed by atoms with Crippen LogP contribution in [0.4, 0.5) is 13.2 Å². The monoisotopic (exact) mass is 324 g/mol. The lowest BCUT2D eigenvalue weighted by Gasteiger charge is -2.25. The third-order valence-electron chi connectivity index (χ3n) is 2.62. The van der Waals surface area contributed by atoms with Gasteiger partial charge in [0.2, 0.25) is 0 Å². The van der Waals surface area contributed by atoms with Crippen LogP contribution in [0, 0.1) is 0 Å². The summed E-state index contributed by atoms with van der Waals surface area (Å²) >= 11 is 3.07. The van der Waals surface area contributed by atoms with Gasteiger partial charge in [0.25, 0.3) is 0 Å². The first-order valence-corrected chi connectivity index (χ1v) is 5.92. The van der Waals surface area contributed by atoms with Crippen LogP contribution in [0.25, 0.3) is 0 Å². The Labute approximate surface area is 111 Å². The molecule has 0 saturated heterocycles. The molecular weight excluding hydrogens is 313 g/mol. The molecule has 0 saturated carbocycles. The summed E-state index contributed by atoms with van der Waals surface area (Å²) in [5, 5.41) is 8.79. The van der Waals surface area contributed by atoms with Crippen LogP contribution in [0.5, 0.6) is 0 Å². The summed E-state index contributed by atoms with van der Waals surface area (Å²) in [5.41, 5.74) is -0.962. The third-order valence-corrected chi connectivity index (χ3v) is 3.27. The van der Waals surface area contributed by atoms with E-state index in [0.717, 1.165) is 12.1 Å². The fourth-order valence-corrected chi connectivity index (χ4v) is 2.63. The fraction of sp³-hybridized carbons (Fsp3) is 0.417. The van der Waals surface area contributed by atoms with E-state index < -0.39 is 23.1 Å². The Bertz CT molecular complexity index is 467. The molecule has 6 heteroatoms. The largest absolute Gasteiger partial charge is 0.481 e. The number of aliphatic carboxylic acids is 1. The lowest BCUT2D eigenvalue weighted by atomic mass is 9.81. The summed E-state index contributed by atoms with van der Waals surface area (Å²) in [7, 11) is 0. The van der Waals surface area contributed by atoms with E-state index in [9.17, 15) is 18.0 Å². The fourth-order valence-electron chi connectivity index (χ4n) is 1.71. The zero-order valence-corrected chi connectivity index (χ0v) is 11.4. The van der Waals surface area contributed by atoms with Gasteiger partial charge in [-0.25, -0.2) is 0 Å².